The summed E-state index contributed by atoms with van der Waals surface area (Å²) in [6.07, 6.45) is 7.79. The van der Waals surface area contributed by atoms with Gasteiger partial charge in [0.15, 0.2) is 11.5 Å². The largest absolute Gasteiger partial charge is 0.489 e. The maximum Gasteiger partial charge on any atom is 0.243 e. The first-order valence-electron chi connectivity index (χ1n) is 8.16. The highest BCUT2D eigenvalue weighted by Crippen LogP contribution is 2.37. The molecule has 1 saturated carbocycles. The zero-order chi connectivity index (χ0) is 16.1. The van der Waals surface area contributed by atoms with Gasteiger partial charge < -0.3 is 9.47 Å². The van der Waals surface area contributed by atoms with E-state index < -0.39 is 0 Å². The number of hydrazone groups is 1. The van der Waals surface area contributed by atoms with Crippen LogP contribution in [0.25, 0.3) is 0 Å². The summed E-state index contributed by atoms with van der Waals surface area (Å²) >= 11 is 6.23. The second kappa shape index (κ2) is 7.68. The fourth-order valence-electron chi connectivity index (χ4n) is 2.95. The van der Waals surface area contributed by atoms with Crippen LogP contribution in [0.4, 0.5) is 0 Å². The number of benzene rings is 1. The standard InChI is InChI=1S/C17H21ClN2O3/c18-14-9-12(10-15-16(14)23-8-4-7-22-15)11-19-20-17(21)13-5-2-1-3-6-13/h9-11,13H,1-8H2,(H,20,21)/b19-11-. The minimum Gasteiger partial charge on any atom is -0.489 e. The Balaban J connectivity index is 1.64. The first-order valence-corrected chi connectivity index (χ1v) is 8.54. The van der Waals surface area contributed by atoms with Crippen molar-refractivity contribution >= 4 is 23.7 Å². The number of amides is 1. The first kappa shape index (κ1) is 16.1. The van der Waals surface area contributed by atoms with Crippen molar-refractivity contribution in [2.45, 2.75) is 38.5 Å². The Morgan fingerprint density at radius 3 is 2.78 bits per heavy atom. The quantitative estimate of drug-likeness (QED) is 0.678. The van der Waals surface area contributed by atoms with E-state index in [1.54, 1.807) is 12.3 Å². The zero-order valence-electron chi connectivity index (χ0n) is 13.0. The van der Waals surface area contributed by atoms with Crippen LogP contribution in [0, 0.1) is 5.92 Å². The molecule has 0 spiro atoms. The number of hydrogen-bond donors (Lipinski definition) is 1. The third kappa shape index (κ3) is 4.16. The van der Waals surface area contributed by atoms with Crippen LogP contribution in [-0.2, 0) is 4.79 Å². The predicted octanol–water partition coefficient (Wildman–Crippen LogP) is 3.53. The number of hydrogen-bond acceptors (Lipinski definition) is 4. The first-order chi connectivity index (χ1) is 11.2. The Labute approximate surface area is 141 Å². The maximum absolute atomic E-state index is 12.0. The summed E-state index contributed by atoms with van der Waals surface area (Å²) < 4.78 is 11.2. The molecule has 0 atom stereocenters. The van der Waals surface area contributed by atoms with E-state index in [0.29, 0.717) is 29.7 Å². The molecule has 124 valence electrons. The third-order valence-electron chi connectivity index (χ3n) is 4.19. The molecule has 3 rings (SSSR count). The van der Waals surface area contributed by atoms with Crippen LogP contribution in [0.5, 0.6) is 11.5 Å². The highest BCUT2D eigenvalue weighted by atomic mass is 35.5. The molecular weight excluding hydrogens is 316 g/mol. The minimum absolute atomic E-state index is 0.00129. The molecule has 6 heteroatoms. The van der Waals surface area contributed by atoms with Crippen molar-refractivity contribution in [2.75, 3.05) is 13.2 Å². The van der Waals surface area contributed by atoms with E-state index in [4.69, 9.17) is 21.1 Å². The molecule has 1 amide bonds. The molecule has 0 saturated heterocycles. The van der Waals surface area contributed by atoms with E-state index >= 15 is 0 Å². The van der Waals surface area contributed by atoms with Gasteiger partial charge in [-0.05, 0) is 30.5 Å². The van der Waals surface area contributed by atoms with Crippen LogP contribution in [0.2, 0.25) is 5.02 Å². The highest BCUT2D eigenvalue weighted by molar-refractivity contribution is 6.32. The van der Waals surface area contributed by atoms with Crippen LogP contribution in [-0.4, -0.2) is 25.3 Å². The average molecular weight is 337 g/mol. The van der Waals surface area contributed by atoms with Crippen molar-refractivity contribution in [1.82, 2.24) is 5.43 Å². The number of nitrogens with zero attached hydrogens (tertiary/aromatic N) is 1. The Kier molecular flexibility index (Phi) is 5.39. The molecule has 0 radical (unpaired) electrons. The molecule has 1 heterocycles. The molecule has 0 aromatic heterocycles. The molecule has 23 heavy (non-hydrogen) atoms. The lowest BCUT2D eigenvalue weighted by Crippen LogP contribution is -2.28. The second-order valence-corrected chi connectivity index (χ2v) is 6.36. The van der Waals surface area contributed by atoms with Crippen LogP contribution in [0.1, 0.15) is 44.1 Å². The Hall–Kier alpha value is -1.75. The van der Waals surface area contributed by atoms with Gasteiger partial charge in [0, 0.05) is 12.3 Å². The molecule has 0 bridgehead atoms. The second-order valence-electron chi connectivity index (χ2n) is 5.95. The van der Waals surface area contributed by atoms with Gasteiger partial charge >= 0.3 is 0 Å². The summed E-state index contributed by atoms with van der Waals surface area (Å²) in [5, 5.41) is 4.54. The monoisotopic (exact) mass is 336 g/mol. The van der Waals surface area contributed by atoms with Crippen molar-refractivity contribution in [1.29, 1.82) is 0 Å². The molecule has 0 unspecified atom stereocenters. The van der Waals surface area contributed by atoms with E-state index in [2.05, 4.69) is 10.5 Å². The SMILES string of the molecule is O=C(N/N=C\c1cc(Cl)c2c(c1)OCCCO2)C1CCCCC1. The summed E-state index contributed by atoms with van der Waals surface area (Å²) in [4.78, 5) is 12.0. The Morgan fingerprint density at radius 1 is 1.17 bits per heavy atom. The smallest absolute Gasteiger partial charge is 0.243 e. The van der Waals surface area contributed by atoms with Crippen molar-refractivity contribution in [3.05, 3.63) is 22.7 Å². The van der Waals surface area contributed by atoms with E-state index in [1.807, 2.05) is 6.07 Å². The van der Waals surface area contributed by atoms with Gasteiger partial charge in [-0.3, -0.25) is 4.79 Å². The number of fused-ring (bicyclic) bond motifs is 1. The van der Waals surface area contributed by atoms with Gasteiger partial charge in [0.25, 0.3) is 0 Å². The summed E-state index contributed by atoms with van der Waals surface area (Å²) in [7, 11) is 0. The zero-order valence-corrected chi connectivity index (χ0v) is 13.8. The van der Waals surface area contributed by atoms with Crippen LogP contribution in [0.3, 0.4) is 0 Å². The summed E-state index contributed by atoms with van der Waals surface area (Å²) in [6, 6.07) is 3.58. The van der Waals surface area contributed by atoms with Crippen LogP contribution < -0.4 is 14.9 Å². The van der Waals surface area contributed by atoms with Crippen LogP contribution in [0.15, 0.2) is 17.2 Å². The molecule has 1 aliphatic carbocycles. The summed E-state index contributed by atoms with van der Waals surface area (Å²) in [5.41, 5.74) is 3.39. The minimum atomic E-state index is 0.00129. The van der Waals surface area contributed by atoms with E-state index in [0.717, 1.165) is 37.7 Å². The van der Waals surface area contributed by atoms with Crippen molar-refractivity contribution in [2.24, 2.45) is 11.0 Å². The molecule has 2 aliphatic rings. The van der Waals surface area contributed by atoms with E-state index in [1.165, 1.54) is 6.42 Å². The maximum atomic E-state index is 12.0. The number of nitrogens with one attached hydrogen (secondary N) is 1. The van der Waals surface area contributed by atoms with Gasteiger partial charge in [0.2, 0.25) is 5.91 Å². The summed E-state index contributed by atoms with van der Waals surface area (Å²) in [5.74, 6) is 1.29. The molecule has 1 aromatic rings. The number of carbonyl (C=O) groups excluding carboxylic acids is 1. The normalized spacial score (nSPS) is 18.7. The van der Waals surface area contributed by atoms with E-state index in [9.17, 15) is 4.79 Å². The molecule has 1 aromatic carbocycles. The molecule has 1 fully saturated rings. The lowest BCUT2D eigenvalue weighted by Gasteiger charge is -2.19. The van der Waals surface area contributed by atoms with Gasteiger partial charge in [-0.2, -0.15) is 5.10 Å². The summed E-state index contributed by atoms with van der Waals surface area (Å²) in [6.45, 7) is 1.19. The van der Waals surface area contributed by atoms with Gasteiger partial charge in [-0.1, -0.05) is 30.9 Å². The van der Waals surface area contributed by atoms with Gasteiger partial charge in [-0.25, -0.2) is 5.43 Å². The van der Waals surface area contributed by atoms with Crippen molar-refractivity contribution in [3.63, 3.8) is 0 Å². The third-order valence-corrected chi connectivity index (χ3v) is 4.47. The van der Waals surface area contributed by atoms with Crippen molar-refractivity contribution in [3.8, 4) is 11.5 Å². The predicted molar refractivity (Wildman–Crippen MR) is 89.4 cm³/mol. The number of halogens is 1. The number of carbonyl (C=O) groups is 1. The molecular formula is C17H21ClN2O3. The van der Waals surface area contributed by atoms with Gasteiger partial charge in [-0.15, -0.1) is 0 Å². The lowest BCUT2D eigenvalue weighted by atomic mass is 9.89. The fraction of sp³-hybridized carbons (Fsp3) is 0.529. The Morgan fingerprint density at radius 2 is 1.96 bits per heavy atom. The highest BCUT2D eigenvalue weighted by Gasteiger charge is 2.20. The lowest BCUT2D eigenvalue weighted by molar-refractivity contribution is -0.125. The Bertz CT molecular complexity index is 598. The van der Waals surface area contributed by atoms with Crippen molar-refractivity contribution < 1.29 is 14.3 Å². The number of ether oxygens (including phenoxy) is 2. The van der Waals surface area contributed by atoms with Gasteiger partial charge in [0.1, 0.15) is 0 Å². The molecule has 1 aliphatic heterocycles. The molecule has 5 nitrogen and oxygen atoms in total. The molecule has 1 N–H and O–H groups in total. The fourth-order valence-corrected chi connectivity index (χ4v) is 3.23. The number of rotatable bonds is 3. The average Bonchev–Trinajstić information content (AvgIpc) is 2.81. The van der Waals surface area contributed by atoms with Gasteiger partial charge in [0.05, 0.1) is 24.5 Å². The topological polar surface area (TPSA) is 59.9 Å². The van der Waals surface area contributed by atoms with E-state index in [-0.39, 0.29) is 11.8 Å². The van der Waals surface area contributed by atoms with Crippen LogP contribution >= 0.6 is 11.6 Å².